The number of benzene rings is 1. The van der Waals surface area contributed by atoms with Gasteiger partial charge in [0.1, 0.15) is 11.9 Å². The van der Waals surface area contributed by atoms with Crippen LogP contribution in [-0.4, -0.2) is 58.8 Å². The van der Waals surface area contributed by atoms with E-state index in [0.29, 0.717) is 43.6 Å². The number of aliphatic carboxylic acids is 1. The van der Waals surface area contributed by atoms with E-state index in [1.165, 1.54) is 12.5 Å². The second kappa shape index (κ2) is 11.4. The predicted molar refractivity (Wildman–Crippen MR) is 133 cm³/mol. The summed E-state index contributed by atoms with van der Waals surface area (Å²) in [6.45, 7) is 4.08. The number of nitrogens with zero attached hydrogens (tertiary/aromatic N) is 2. The maximum absolute atomic E-state index is 12.7. The van der Waals surface area contributed by atoms with Crippen LogP contribution in [0, 0.1) is 5.92 Å². The highest BCUT2D eigenvalue weighted by Gasteiger charge is 2.33. The lowest BCUT2D eigenvalue weighted by atomic mass is 9.93. The summed E-state index contributed by atoms with van der Waals surface area (Å²) in [5.41, 5.74) is 3.41. The minimum atomic E-state index is -0.945. The van der Waals surface area contributed by atoms with Crippen LogP contribution in [0.25, 0.3) is 0 Å². The normalized spacial score (nSPS) is 17.2. The van der Waals surface area contributed by atoms with Crippen molar-refractivity contribution in [2.24, 2.45) is 5.92 Å². The van der Waals surface area contributed by atoms with E-state index >= 15 is 0 Å². The molecule has 1 fully saturated rings. The third-order valence-corrected chi connectivity index (χ3v) is 6.97. The minimum absolute atomic E-state index is 0.0372. The van der Waals surface area contributed by atoms with Crippen LogP contribution in [0.5, 0.6) is 0 Å². The molecule has 2 aliphatic heterocycles. The van der Waals surface area contributed by atoms with E-state index in [9.17, 15) is 19.5 Å². The molecule has 0 radical (unpaired) electrons. The van der Waals surface area contributed by atoms with Crippen molar-refractivity contribution < 1.29 is 19.5 Å². The molecule has 1 aromatic heterocycles. The van der Waals surface area contributed by atoms with Crippen molar-refractivity contribution in [1.29, 1.82) is 0 Å². The van der Waals surface area contributed by atoms with Gasteiger partial charge in [-0.1, -0.05) is 24.3 Å². The number of fused-ring (bicyclic) bond motifs is 1. The van der Waals surface area contributed by atoms with Crippen molar-refractivity contribution in [3.05, 3.63) is 58.8 Å². The van der Waals surface area contributed by atoms with Crippen LogP contribution < -0.4 is 10.6 Å². The molecule has 1 unspecified atom stereocenters. The van der Waals surface area contributed by atoms with Gasteiger partial charge in [0.15, 0.2) is 5.78 Å². The SMILES string of the molecule is CC(=O)c1cccc(C(C(=O)O)N2CCC(C(=O)NCCCc3ccc4c(n3)NCCC4)CC2)c1. The Morgan fingerprint density at radius 1 is 1.20 bits per heavy atom. The molecular formula is C27H34N4O4. The van der Waals surface area contributed by atoms with Gasteiger partial charge in [-0.25, -0.2) is 4.98 Å². The fourth-order valence-corrected chi connectivity index (χ4v) is 4.99. The fraction of sp³-hybridized carbons (Fsp3) is 0.481. The standard InChI is InChI=1S/C27H34N4O4/c1-18(32)21-5-2-6-22(17-21)24(27(34)35)31-15-11-20(12-16-31)26(33)29-14-4-8-23-10-9-19-7-3-13-28-25(19)30-23/h2,5-6,9-10,17,20,24H,3-4,7-8,11-16H2,1H3,(H,28,30)(H,29,33)(H,34,35). The molecule has 2 aromatic rings. The van der Waals surface area contributed by atoms with E-state index in [2.05, 4.69) is 22.8 Å². The molecule has 0 aliphatic carbocycles. The van der Waals surface area contributed by atoms with Gasteiger partial charge in [-0.3, -0.25) is 19.3 Å². The van der Waals surface area contributed by atoms with Crippen LogP contribution in [0.3, 0.4) is 0 Å². The van der Waals surface area contributed by atoms with Crippen molar-refractivity contribution >= 4 is 23.5 Å². The summed E-state index contributed by atoms with van der Waals surface area (Å²) in [4.78, 5) is 43.1. The third-order valence-electron chi connectivity index (χ3n) is 6.97. The van der Waals surface area contributed by atoms with Gasteiger partial charge in [-0.2, -0.15) is 0 Å². The number of aromatic nitrogens is 1. The van der Waals surface area contributed by atoms with Crippen LogP contribution >= 0.6 is 0 Å². The number of nitrogens with one attached hydrogen (secondary N) is 2. The van der Waals surface area contributed by atoms with Crippen LogP contribution in [-0.2, 0) is 22.4 Å². The van der Waals surface area contributed by atoms with Gasteiger partial charge in [-0.05, 0) is 68.7 Å². The number of anilines is 1. The van der Waals surface area contributed by atoms with Crippen LogP contribution in [0.15, 0.2) is 36.4 Å². The number of ketones is 1. The zero-order valence-corrected chi connectivity index (χ0v) is 20.3. The van der Waals surface area contributed by atoms with E-state index in [1.807, 2.05) is 4.90 Å². The van der Waals surface area contributed by atoms with Gasteiger partial charge in [-0.15, -0.1) is 0 Å². The van der Waals surface area contributed by atoms with Crippen molar-refractivity contribution in [3.63, 3.8) is 0 Å². The molecule has 3 heterocycles. The maximum Gasteiger partial charge on any atom is 0.325 e. The maximum atomic E-state index is 12.7. The number of hydrogen-bond donors (Lipinski definition) is 3. The van der Waals surface area contributed by atoms with Gasteiger partial charge in [0.25, 0.3) is 0 Å². The number of Topliss-reactive ketones (excluding diaryl/α,β-unsaturated/α-hetero) is 1. The number of aryl methyl sites for hydroxylation is 2. The highest BCUT2D eigenvalue weighted by atomic mass is 16.4. The Morgan fingerprint density at radius 3 is 2.74 bits per heavy atom. The Labute approximate surface area is 206 Å². The number of pyridine rings is 1. The second-order valence-corrected chi connectivity index (χ2v) is 9.47. The minimum Gasteiger partial charge on any atom is -0.480 e. The number of likely N-dealkylation sites (tertiary alicyclic amines) is 1. The van der Waals surface area contributed by atoms with E-state index in [-0.39, 0.29) is 17.6 Å². The summed E-state index contributed by atoms with van der Waals surface area (Å²) >= 11 is 0. The summed E-state index contributed by atoms with van der Waals surface area (Å²) in [7, 11) is 0. The van der Waals surface area contributed by atoms with Crippen LogP contribution in [0.2, 0.25) is 0 Å². The first-order valence-electron chi connectivity index (χ1n) is 12.5. The average molecular weight is 479 g/mol. The van der Waals surface area contributed by atoms with E-state index in [1.54, 1.807) is 24.3 Å². The summed E-state index contributed by atoms with van der Waals surface area (Å²) in [5, 5.41) is 16.3. The highest BCUT2D eigenvalue weighted by Crippen LogP contribution is 2.28. The molecule has 35 heavy (non-hydrogen) atoms. The van der Waals surface area contributed by atoms with E-state index in [0.717, 1.165) is 43.7 Å². The second-order valence-electron chi connectivity index (χ2n) is 9.47. The first kappa shape index (κ1) is 24.9. The molecule has 2 aliphatic rings. The molecule has 0 saturated carbocycles. The van der Waals surface area contributed by atoms with Gasteiger partial charge in [0.05, 0.1) is 0 Å². The first-order valence-corrected chi connectivity index (χ1v) is 12.5. The zero-order valence-electron chi connectivity index (χ0n) is 20.3. The molecule has 8 nitrogen and oxygen atoms in total. The van der Waals surface area contributed by atoms with Crippen LogP contribution in [0.1, 0.15) is 65.8 Å². The lowest BCUT2D eigenvalue weighted by Gasteiger charge is -2.35. The summed E-state index contributed by atoms with van der Waals surface area (Å²) in [6, 6.07) is 10.2. The number of carboxylic acid groups (broad SMARTS) is 1. The van der Waals surface area contributed by atoms with Gasteiger partial charge < -0.3 is 15.7 Å². The number of carbonyl (C=O) groups is 3. The number of carbonyl (C=O) groups excluding carboxylic acids is 2. The largest absolute Gasteiger partial charge is 0.480 e. The van der Waals surface area contributed by atoms with Gasteiger partial charge in [0.2, 0.25) is 5.91 Å². The van der Waals surface area contributed by atoms with Crippen molar-refractivity contribution in [2.45, 2.75) is 51.5 Å². The number of hydrogen-bond acceptors (Lipinski definition) is 6. The Morgan fingerprint density at radius 2 is 2.00 bits per heavy atom. The van der Waals surface area contributed by atoms with E-state index in [4.69, 9.17) is 4.98 Å². The molecule has 186 valence electrons. The number of amides is 1. The molecule has 1 atom stereocenters. The van der Waals surface area contributed by atoms with Crippen molar-refractivity contribution in [1.82, 2.24) is 15.2 Å². The third kappa shape index (κ3) is 6.25. The van der Waals surface area contributed by atoms with Crippen molar-refractivity contribution in [3.8, 4) is 0 Å². The highest BCUT2D eigenvalue weighted by molar-refractivity contribution is 5.94. The zero-order chi connectivity index (χ0) is 24.8. The van der Waals surface area contributed by atoms with Gasteiger partial charge in [0, 0.05) is 43.4 Å². The van der Waals surface area contributed by atoms with E-state index < -0.39 is 12.0 Å². The Balaban J connectivity index is 1.24. The molecular weight excluding hydrogens is 444 g/mol. The molecule has 3 N–H and O–H groups in total. The molecule has 1 saturated heterocycles. The Kier molecular flexibility index (Phi) is 8.13. The van der Waals surface area contributed by atoms with Crippen LogP contribution in [0.4, 0.5) is 5.82 Å². The first-order chi connectivity index (χ1) is 16.9. The molecule has 4 rings (SSSR count). The predicted octanol–water partition coefficient (Wildman–Crippen LogP) is 3.23. The summed E-state index contributed by atoms with van der Waals surface area (Å²) in [6.07, 6.45) is 5.07. The lowest BCUT2D eigenvalue weighted by molar-refractivity contribution is -0.144. The molecule has 1 aromatic carbocycles. The topological polar surface area (TPSA) is 112 Å². The summed E-state index contributed by atoms with van der Waals surface area (Å²) < 4.78 is 0. The average Bonchev–Trinajstić information content (AvgIpc) is 2.87. The fourth-order valence-electron chi connectivity index (χ4n) is 4.99. The number of piperidine rings is 1. The Bertz CT molecular complexity index is 1080. The Hall–Kier alpha value is -3.26. The molecule has 8 heteroatoms. The molecule has 0 spiro atoms. The number of carboxylic acids is 1. The van der Waals surface area contributed by atoms with Crippen molar-refractivity contribution in [2.75, 3.05) is 31.5 Å². The molecule has 1 amide bonds. The monoisotopic (exact) mass is 478 g/mol. The number of rotatable bonds is 9. The lowest BCUT2D eigenvalue weighted by Crippen LogP contribution is -2.44. The smallest absolute Gasteiger partial charge is 0.325 e. The van der Waals surface area contributed by atoms with Gasteiger partial charge >= 0.3 is 5.97 Å². The summed E-state index contributed by atoms with van der Waals surface area (Å²) in [5.74, 6) is -0.118. The molecule has 0 bridgehead atoms. The quantitative estimate of drug-likeness (QED) is 0.375.